The Labute approximate surface area is 170 Å². The molecule has 4 rings (SSSR count). The molecule has 150 valence electrons. The van der Waals surface area contributed by atoms with Crippen molar-refractivity contribution in [1.29, 1.82) is 0 Å². The van der Waals surface area contributed by atoms with E-state index in [4.69, 9.17) is 14.9 Å². The van der Waals surface area contributed by atoms with Gasteiger partial charge in [-0.25, -0.2) is 4.79 Å². The molecule has 2 amide bonds. The third kappa shape index (κ3) is 3.88. The second kappa shape index (κ2) is 7.71. The number of rotatable bonds is 5. The van der Waals surface area contributed by atoms with E-state index < -0.39 is 17.4 Å². The average molecular weight is 412 g/mol. The summed E-state index contributed by atoms with van der Waals surface area (Å²) < 4.78 is 10.7. The Hall–Kier alpha value is -3.13. The van der Waals surface area contributed by atoms with Crippen molar-refractivity contribution in [3.8, 4) is 5.75 Å². The molecule has 2 aromatic heterocycles. The zero-order valence-corrected chi connectivity index (χ0v) is 16.7. The largest absolute Gasteiger partial charge is 0.484 e. The number of benzene rings is 1. The van der Waals surface area contributed by atoms with Crippen LogP contribution in [0.5, 0.6) is 5.75 Å². The number of carbonyl (C=O) groups is 2. The molecule has 0 unspecified atom stereocenters. The highest BCUT2D eigenvalue weighted by atomic mass is 32.1. The number of amides is 2. The number of primary amides is 1. The molecule has 0 bridgehead atoms. The Bertz CT molecular complexity index is 1180. The molecule has 0 spiro atoms. The van der Waals surface area contributed by atoms with Crippen molar-refractivity contribution in [2.75, 3.05) is 11.9 Å². The minimum atomic E-state index is -0.527. The van der Waals surface area contributed by atoms with Gasteiger partial charge in [-0.1, -0.05) is 0 Å². The summed E-state index contributed by atoms with van der Waals surface area (Å²) in [7, 11) is 0. The highest BCUT2D eigenvalue weighted by Crippen LogP contribution is 2.37. The predicted molar refractivity (Wildman–Crippen MR) is 111 cm³/mol. The lowest BCUT2D eigenvalue weighted by atomic mass is 9.95. The van der Waals surface area contributed by atoms with Crippen molar-refractivity contribution < 1.29 is 18.7 Å². The lowest BCUT2D eigenvalue weighted by Crippen LogP contribution is -2.22. The zero-order chi connectivity index (χ0) is 20.5. The molecule has 0 fully saturated rings. The maximum atomic E-state index is 12.4. The van der Waals surface area contributed by atoms with Crippen molar-refractivity contribution in [1.82, 2.24) is 0 Å². The maximum Gasteiger partial charge on any atom is 0.336 e. The number of nitrogens with one attached hydrogen (secondary N) is 1. The van der Waals surface area contributed by atoms with E-state index in [0.29, 0.717) is 21.9 Å². The van der Waals surface area contributed by atoms with Gasteiger partial charge in [0.05, 0.1) is 5.56 Å². The van der Waals surface area contributed by atoms with Gasteiger partial charge in [0, 0.05) is 22.4 Å². The molecule has 2 heterocycles. The van der Waals surface area contributed by atoms with Crippen LogP contribution in [-0.4, -0.2) is 18.4 Å². The Morgan fingerprint density at radius 3 is 2.83 bits per heavy atom. The number of hydrogen-bond donors (Lipinski definition) is 2. The van der Waals surface area contributed by atoms with E-state index in [1.807, 2.05) is 6.92 Å². The van der Waals surface area contributed by atoms with E-state index in [1.54, 1.807) is 18.2 Å². The molecular weight excluding hydrogens is 392 g/mol. The van der Waals surface area contributed by atoms with Crippen molar-refractivity contribution in [3.05, 3.63) is 56.3 Å². The van der Waals surface area contributed by atoms with Gasteiger partial charge in [0.1, 0.15) is 16.3 Å². The summed E-state index contributed by atoms with van der Waals surface area (Å²) in [6.07, 6.45) is 3.78. The van der Waals surface area contributed by atoms with E-state index in [1.165, 1.54) is 17.4 Å². The summed E-state index contributed by atoms with van der Waals surface area (Å²) in [5.41, 5.74) is 7.70. The van der Waals surface area contributed by atoms with Gasteiger partial charge in [-0.05, 0) is 55.9 Å². The van der Waals surface area contributed by atoms with Gasteiger partial charge < -0.3 is 20.2 Å². The predicted octanol–water partition coefficient (Wildman–Crippen LogP) is 3.16. The minimum absolute atomic E-state index is 0.248. The third-order valence-electron chi connectivity index (χ3n) is 4.96. The molecule has 0 saturated heterocycles. The first-order chi connectivity index (χ1) is 13.9. The fraction of sp³-hybridized carbons (Fsp3) is 0.286. The monoisotopic (exact) mass is 412 g/mol. The second-order valence-electron chi connectivity index (χ2n) is 7.02. The minimum Gasteiger partial charge on any atom is -0.484 e. The highest BCUT2D eigenvalue weighted by Gasteiger charge is 2.25. The molecule has 1 aliphatic carbocycles. The number of aryl methyl sites for hydroxylation is 2. The molecule has 0 atom stereocenters. The molecule has 8 heteroatoms. The van der Waals surface area contributed by atoms with Crippen molar-refractivity contribution in [2.45, 2.75) is 32.6 Å². The molecule has 7 nitrogen and oxygen atoms in total. The topological polar surface area (TPSA) is 112 Å². The Kier molecular flexibility index (Phi) is 5.10. The second-order valence-corrected chi connectivity index (χ2v) is 8.13. The van der Waals surface area contributed by atoms with E-state index in [2.05, 4.69) is 5.32 Å². The van der Waals surface area contributed by atoms with E-state index in [0.717, 1.165) is 47.1 Å². The number of hydrogen-bond acceptors (Lipinski definition) is 6. The Morgan fingerprint density at radius 2 is 2.03 bits per heavy atom. The van der Waals surface area contributed by atoms with Crippen LogP contribution in [0.25, 0.3) is 11.0 Å². The standard InChI is InChI=1S/C21H20N2O5S/c1-11-8-18(25)28-15-9-12(6-7-13(11)15)27-10-17(24)23-21-19(20(22)26)14-4-2-3-5-16(14)29-21/h6-9H,2-5,10H2,1H3,(H2,22,26)(H,23,24). The normalized spacial score (nSPS) is 13.1. The number of fused-ring (bicyclic) bond motifs is 2. The zero-order valence-electron chi connectivity index (χ0n) is 15.9. The van der Waals surface area contributed by atoms with Gasteiger partial charge in [0.25, 0.3) is 11.8 Å². The first kappa shape index (κ1) is 19.2. The van der Waals surface area contributed by atoms with Crippen molar-refractivity contribution in [2.24, 2.45) is 5.73 Å². The summed E-state index contributed by atoms with van der Waals surface area (Å²) in [5, 5.41) is 4.04. The van der Waals surface area contributed by atoms with Gasteiger partial charge in [-0.15, -0.1) is 11.3 Å². The SMILES string of the molecule is Cc1cc(=O)oc2cc(OCC(=O)Nc3sc4c(c3C(N)=O)CCCC4)ccc12. The van der Waals surface area contributed by atoms with Crippen molar-refractivity contribution >= 4 is 39.1 Å². The number of carbonyl (C=O) groups excluding carboxylic acids is 2. The molecule has 0 saturated carbocycles. The van der Waals surface area contributed by atoms with Gasteiger partial charge in [0.2, 0.25) is 0 Å². The van der Waals surface area contributed by atoms with Crippen LogP contribution in [0, 0.1) is 6.92 Å². The van der Waals surface area contributed by atoms with Gasteiger partial charge in [0.15, 0.2) is 6.61 Å². The van der Waals surface area contributed by atoms with Crippen LogP contribution in [0.3, 0.4) is 0 Å². The Morgan fingerprint density at radius 1 is 1.24 bits per heavy atom. The fourth-order valence-corrected chi connectivity index (χ4v) is 4.93. The fourth-order valence-electron chi connectivity index (χ4n) is 3.62. The number of ether oxygens (including phenoxy) is 1. The van der Waals surface area contributed by atoms with Crippen LogP contribution in [0.4, 0.5) is 5.00 Å². The summed E-state index contributed by atoms with van der Waals surface area (Å²) in [6.45, 7) is 1.58. The van der Waals surface area contributed by atoms with Crippen LogP contribution >= 0.6 is 11.3 Å². The van der Waals surface area contributed by atoms with Crippen LogP contribution in [-0.2, 0) is 17.6 Å². The van der Waals surface area contributed by atoms with Crippen LogP contribution in [0.1, 0.15) is 39.2 Å². The molecule has 0 radical (unpaired) electrons. The van der Waals surface area contributed by atoms with Crippen LogP contribution < -0.4 is 21.4 Å². The van der Waals surface area contributed by atoms with E-state index in [9.17, 15) is 14.4 Å². The molecule has 0 aliphatic heterocycles. The summed E-state index contributed by atoms with van der Waals surface area (Å²) in [5.74, 6) is -0.514. The quantitative estimate of drug-likeness (QED) is 0.625. The van der Waals surface area contributed by atoms with Crippen LogP contribution in [0.15, 0.2) is 33.5 Å². The number of thiophene rings is 1. The van der Waals surface area contributed by atoms with Gasteiger partial charge in [-0.2, -0.15) is 0 Å². The maximum absolute atomic E-state index is 12.4. The molecule has 3 aromatic rings. The smallest absolute Gasteiger partial charge is 0.336 e. The number of anilines is 1. The first-order valence-corrected chi connectivity index (χ1v) is 10.2. The lowest BCUT2D eigenvalue weighted by molar-refractivity contribution is -0.118. The molecule has 1 aromatic carbocycles. The summed E-state index contributed by atoms with van der Waals surface area (Å²) in [4.78, 5) is 37.0. The van der Waals surface area contributed by atoms with Gasteiger partial charge >= 0.3 is 5.63 Å². The van der Waals surface area contributed by atoms with Gasteiger partial charge in [-0.3, -0.25) is 9.59 Å². The molecule has 1 aliphatic rings. The summed E-state index contributed by atoms with van der Waals surface area (Å²) >= 11 is 1.41. The first-order valence-electron chi connectivity index (χ1n) is 9.34. The molecular formula is C21H20N2O5S. The van der Waals surface area contributed by atoms with Crippen molar-refractivity contribution in [3.63, 3.8) is 0 Å². The Balaban J connectivity index is 1.48. The highest BCUT2D eigenvalue weighted by molar-refractivity contribution is 7.17. The summed E-state index contributed by atoms with van der Waals surface area (Å²) in [6, 6.07) is 6.49. The molecule has 29 heavy (non-hydrogen) atoms. The van der Waals surface area contributed by atoms with Crippen LogP contribution in [0.2, 0.25) is 0 Å². The molecule has 3 N–H and O–H groups in total. The van der Waals surface area contributed by atoms with E-state index in [-0.39, 0.29) is 6.61 Å². The number of nitrogens with two attached hydrogens (primary N) is 1. The third-order valence-corrected chi connectivity index (χ3v) is 6.17. The lowest BCUT2D eigenvalue weighted by Gasteiger charge is -2.11. The average Bonchev–Trinajstić information content (AvgIpc) is 3.03. The van der Waals surface area contributed by atoms with E-state index >= 15 is 0 Å².